The maximum Gasteiger partial charge on any atom is 0.121 e. The number of aromatic nitrogens is 2. The van der Waals surface area contributed by atoms with Crippen LogP contribution in [-0.2, 0) is 12.0 Å². The first kappa shape index (κ1) is 25.5. The Morgan fingerprint density at radius 1 is 0.789 bits per heavy atom. The number of aliphatic hydroxyl groups is 1. The Morgan fingerprint density at radius 3 is 1.87 bits per heavy atom. The number of rotatable bonds is 10. The first-order valence-electron chi connectivity index (χ1n) is 13.2. The van der Waals surface area contributed by atoms with E-state index in [0.717, 1.165) is 46.7 Å². The Balaban J connectivity index is 1.53. The Morgan fingerprint density at radius 2 is 1.34 bits per heavy atom. The van der Waals surface area contributed by atoms with E-state index < -0.39 is 11.6 Å². The molecule has 0 aliphatic carbocycles. The van der Waals surface area contributed by atoms with Gasteiger partial charge < -0.3 is 14.4 Å². The SMILES string of the molecule is COc1cccc(CCCC(O)c2ncn(C(c3ccccc3)(c3ccccc3)c3ccccc3)c2C)c1. The van der Waals surface area contributed by atoms with E-state index in [1.807, 2.05) is 36.7 Å². The molecule has 38 heavy (non-hydrogen) atoms. The lowest BCUT2D eigenvalue weighted by molar-refractivity contribution is 0.159. The number of hydrogen-bond donors (Lipinski definition) is 1. The summed E-state index contributed by atoms with van der Waals surface area (Å²) in [5.74, 6) is 0.858. The van der Waals surface area contributed by atoms with Crippen LogP contribution in [0.15, 0.2) is 122 Å². The van der Waals surface area contributed by atoms with Crippen molar-refractivity contribution in [3.63, 3.8) is 0 Å². The third kappa shape index (κ3) is 4.88. The minimum atomic E-state index is -0.651. The molecule has 5 rings (SSSR count). The summed E-state index contributed by atoms with van der Waals surface area (Å²) < 4.78 is 7.58. The Hall–Kier alpha value is -4.15. The van der Waals surface area contributed by atoms with Crippen LogP contribution in [0.5, 0.6) is 5.75 Å². The molecule has 1 aromatic heterocycles. The molecule has 0 fully saturated rings. The molecule has 1 N–H and O–H groups in total. The van der Waals surface area contributed by atoms with Crippen LogP contribution in [0.1, 0.15) is 52.6 Å². The highest BCUT2D eigenvalue weighted by molar-refractivity contribution is 5.51. The monoisotopic (exact) mass is 502 g/mol. The molecule has 0 radical (unpaired) electrons. The Kier molecular flexibility index (Phi) is 7.71. The van der Waals surface area contributed by atoms with Gasteiger partial charge in [0.05, 0.1) is 25.2 Å². The molecule has 0 saturated carbocycles. The first-order chi connectivity index (χ1) is 18.6. The van der Waals surface area contributed by atoms with Crippen LogP contribution in [-0.4, -0.2) is 21.8 Å². The smallest absolute Gasteiger partial charge is 0.121 e. The molecule has 192 valence electrons. The van der Waals surface area contributed by atoms with Gasteiger partial charge in [0.2, 0.25) is 0 Å². The minimum Gasteiger partial charge on any atom is -0.497 e. The molecule has 0 spiro atoms. The van der Waals surface area contributed by atoms with Crippen LogP contribution in [0.2, 0.25) is 0 Å². The molecule has 0 amide bonds. The van der Waals surface area contributed by atoms with Crippen molar-refractivity contribution in [2.45, 2.75) is 37.8 Å². The first-order valence-corrected chi connectivity index (χ1v) is 13.2. The maximum atomic E-state index is 11.3. The van der Waals surface area contributed by atoms with Crippen molar-refractivity contribution in [3.8, 4) is 5.75 Å². The number of nitrogens with zero attached hydrogens (tertiary/aromatic N) is 2. The van der Waals surface area contributed by atoms with Gasteiger partial charge in [-0.05, 0) is 60.6 Å². The Labute approximate surface area is 225 Å². The maximum absolute atomic E-state index is 11.3. The number of ether oxygens (including phenoxy) is 1. The van der Waals surface area contributed by atoms with Gasteiger partial charge in [0.25, 0.3) is 0 Å². The van der Waals surface area contributed by atoms with Crippen LogP contribution in [0.4, 0.5) is 0 Å². The van der Waals surface area contributed by atoms with Gasteiger partial charge in [-0.1, -0.05) is 103 Å². The van der Waals surface area contributed by atoms with Gasteiger partial charge >= 0.3 is 0 Å². The van der Waals surface area contributed by atoms with Gasteiger partial charge in [0.1, 0.15) is 11.3 Å². The predicted octanol–water partition coefficient (Wildman–Crippen LogP) is 7.10. The summed E-state index contributed by atoms with van der Waals surface area (Å²) in [4.78, 5) is 4.80. The third-order valence-corrected chi connectivity index (χ3v) is 7.37. The van der Waals surface area contributed by atoms with Crippen LogP contribution in [0, 0.1) is 6.92 Å². The number of hydrogen-bond acceptors (Lipinski definition) is 3. The van der Waals surface area contributed by atoms with Gasteiger partial charge in [0, 0.05) is 5.69 Å². The summed E-state index contributed by atoms with van der Waals surface area (Å²) in [7, 11) is 1.68. The number of methoxy groups -OCH3 is 1. The largest absolute Gasteiger partial charge is 0.497 e. The highest BCUT2D eigenvalue weighted by Gasteiger charge is 2.40. The zero-order valence-corrected chi connectivity index (χ0v) is 22.0. The molecule has 0 aliphatic heterocycles. The van der Waals surface area contributed by atoms with Gasteiger partial charge in [-0.15, -0.1) is 0 Å². The van der Waals surface area contributed by atoms with Gasteiger partial charge in [-0.2, -0.15) is 0 Å². The molecule has 4 nitrogen and oxygen atoms in total. The zero-order chi connectivity index (χ0) is 26.4. The normalized spacial score (nSPS) is 12.3. The predicted molar refractivity (Wildman–Crippen MR) is 152 cm³/mol. The van der Waals surface area contributed by atoms with Crippen LogP contribution >= 0.6 is 0 Å². The van der Waals surface area contributed by atoms with Crippen LogP contribution in [0.3, 0.4) is 0 Å². The van der Waals surface area contributed by atoms with Crippen molar-refractivity contribution in [2.75, 3.05) is 7.11 Å². The van der Waals surface area contributed by atoms with E-state index >= 15 is 0 Å². The summed E-state index contributed by atoms with van der Waals surface area (Å²) in [5, 5.41) is 11.3. The molecule has 1 unspecified atom stereocenters. The quantitative estimate of drug-likeness (QED) is 0.207. The fourth-order valence-corrected chi connectivity index (χ4v) is 5.51. The average molecular weight is 503 g/mol. The van der Waals surface area contributed by atoms with Crippen LogP contribution in [0.25, 0.3) is 0 Å². The minimum absolute atomic E-state index is 0.629. The molecule has 1 heterocycles. The van der Waals surface area contributed by atoms with E-state index in [1.54, 1.807) is 7.11 Å². The number of benzene rings is 4. The van der Waals surface area contributed by atoms with Crippen molar-refractivity contribution < 1.29 is 9.84 Å². The van der Waals surface area contributed by atoms with Crippen molar-refractivity contribution in [2.24, 2.45) is 0 Å². The number of aryl methyl sites for hydroxylation is 1. The summed E-state index contributed by atoms with van der Waals surface area (Å²) in [6.07, 6.45) is 3.59. The summed E-state index contributed by atoms with van der Waals surface area (Å²) >= 11 is 0. The van der Waals surface area contributed by atoms with Crippen molar-refractivity contribution in [1.82, 2.24) is 9.55 Å². The highest BCUT2D eigenvalue weighted by atomic mass is 16.5. The third-order valence-electron chi connectivity index (χ3n) is 7.37. The van der Waals surface area contributed by atoms with E-state index in [2.05, 4.69) is 96.4 Å². The van der Waals surface area contributed by atoms with E-state index in [9.17, 15) is 5.11 Å². The Bertz CT molecular complexity index is 1350. The fourth-order valence-electron chi connectivity index (χ4n) is 5.51. The lowest BCUT2D eigenvalue weighted by Gasteiger charge is -2.38. The molecule has 5 aromatic rings. The van der Waals surface area contributed by atoms with E-state index in [0.29, 0.717) is 6.42 Å². The molecule has 0 aliphatic rings. The summed E-state index contributed by atoms with van der Waals surface area (Å²) in [6.45, 7) is 2.07. The molecule has 0 saturated heterocycles. The summed E-state index contributed by atoms with van der Waals surface area (Å²) in [6, 6.07) is 39.7. The average Bonchev–Trinajstić information content (AvgIpc) is 3.37. The van der Waals surface area contributed by atoms with Crippen molar-refractivity contribution >= 4 is 0 Å². The number of imidazole rings is 1. The molecule has 0 bridgehead atoms. The molecule has 4 aromatic carbocycles. The zero-order valence-electron chi connectivity index (χ0n) is 22.0. The molecular formula is C34H34N2O2. The second-order valence-corrected chi connectivity index (χ2v) is 9.65. The van der Waals surface area contributed by atoms with Crippen molar-refractivity contribution in [1.29, 1.82) is 0 Å². The molecule has 1 atom stereocenters. The van der Waals surface area contributed by atoms with Crippen LogP contribution < -0.4 is 4.74 Å². The van der Waals surface area contributed by atoms with Gasteiger partial charge in [0.15, 0.2) is 0 Å². The summed E-state index contributed by atoms with van der Waals surface area (Å²) in [5.41, 5.74) is 5.65. The van der Waals surface area contributed by atoms with E-state index in [4.69, 9.17) is 9.72 Å². The standard InChI is InChI=1S/C34H34N2O2/c1-26-33(32(37)23-13-15-27-14-12-22-31(24-27)38-2)35-25-36(26)34(28-16-6-3-7-17-28,29-18-8-4-9-19-29)30-20-10-5-11-21-30/h3-12,14,16-22,24-25,32,37H,13,15,23H2,1-2H3. The molecular weight excluding hydrogens is 468 g/mol. The van der Waals surface area contributed by atoms with Gasteiger partial charge in [-0.25, -0.2) is 4.98 Å². The molecule has 4 heteroatoms. The fraction of sp³-hybridized carbons (Fsp3) is 0.206. The van der Waals surface area contributed by atoms with Gasteiger partial charge in [-0.3, -0.25) is 0 Å². The lowest BCUT2D eigenvalue weighted by Crippen LogP contribution is -2.38. The topological polar surface area (TPSA) is 47.3 Å². The second-order valence-electron chi connectivity index (χ2n) is 9.65. The van der Waals surface area contributed by atoms with E-state index in [-0.39, 0.29) is 0 Å². The number of aliphatic hydroxyl groups excluding tert-OH is 1. The highest BCUT2D eigenvalue weighted by Crippen LogP contribution is 2.42. The van der Waals surface area contributed by atoms with E-state index in [1.165, 1.54) is 5.56 Å². The second kappa shape index (κ2) is 11.5. The lowest BCUT2D eigenvalue weighted by atomic mass is 9.76. The van der Waals surface area contributed by atoms with Crippen molar-refractivity contribution in [3.05, 3.63) is 155 Å².